The van der Waals surface area contributed by atoms with Crippen molar-refractivity contribution in [3.05, 3.63) is 71.5 Å². The molecule has 0 unspecified atom stereocenters. The van der Waals surface area contributed by atoms with E-state index in [4.69, 9.17) is 0 Å². The number of nitrogens with zero attached hydrogens (tertiary/aromatic N) is 4. The Kier molecular flexibility index (Phi) is 3.61. The number of carbonyl (C=O) groups excluding carboxylic acids is 1. The van der Waals surface area contributed by atoms with Crippen LogP contribution < -0.4 is 0 Å². The van der Waals surface area contributed by atoms with Crippen molar-refractivity contribution in [1.82, 2.24) is 19.7 Å². The van der Waals surface area contributed by atoms with E-state index in [1.165, 1.54) is 0 Å². The van der Waals surface area contributed by atoms with Gasteiger partial charge in [-0.1, -0.05) is 18.2 Å². The Balaban J connectivity index is 1.59. The Morgan fingerprint density at radius 3 is 2.67 bits per heavy atom. The first-order valence-electron chi connectivity index (χ1n) is 8.05. The first kappa shape index (κ1) is 14.6. The zero-order chi connectivity index (χ0) is 16.5. The maximum absolute atomic E-state index is 12.6. The van der Waals surface area contributed by atoms with Crippen LogP contribution >= 0.6 is 0 Å². The lowest BCUT2D eigenvalue weighted by atomic mass is 10.1. The van der Waals surface area contributed by atoms with Crippen LogP contribution in [-0.2, 0) is 13.1 Å². The third-order valence-electron chi connectivity index (χ3n) is 4.28. The number of benzene rings is 1. The number of aromatic nitrogens is 3. The highest BCUT2D eigenvalue weighted by molar-refractivity contribution is 5.94. The summed E-state index contributed by atoms with van der Waals surface area (Å²) in [5.41, 5.74) is 4.67. The van der Waals surface area contributed by atoms with Gasteiger partial charge < -0.3 is 4.90 Å². The zero-order valence-electron chi connectivity index (χ0n) is 13.5. The molecule has 1 amide bonds. The van der Waals surface area contributed by atoms with Crippen LogP contribution in [0.5, 0.6) is 0 Å². The predicted octanol–water partition coefficient (Wildman–Crippen LogP) is 2.91. The van der Waals surface area contributed by atoms with E-state index in [-0.39, 0.29) is 5.91 Å². The number of pyridine rings is 1. The summed E-state index contributed by atoms with van der Waals surface area (Å²) in [4.78, 5) is 18.9. The van der Waals surface area contributed by atoms with Crippen molar-refractivity contribution in [2.75, 3.05) is 6.54 Å². The summed E-state index contributed by atoms with van der Waals surface area (Å²) in [5, 5.41) is 4.64. The Bertz CT molecular complexity index is 885. The molecule has 3 aromatic rings. The Morgan fingerprint density at radius 2 is 1.88 bits per heavy atom. The number of hydrogen-bond donors (Lipinski definition) is 0. The number of aryl methyl sites for hydroxylation is 1. The van der Waals surface area contributed by atoms with Gasteiger partial charge in [-0.05, 0) is 42.8 Å². The number of hydrogen-bond acceptors (Lipinski definition) is 3. The van der Waals surface area contributed by atoms with Gasteiger partial charge in [0.15, 0.2) is 0 Å². The lowest BCUT2D eigenvalue weighted by Gasteiger charge is -2.27. The van der Waals surface area contributed by atoms with Crippen LogP contribution in [0.1, 0.15) is 21.6 Å². The van der Waals surface area contributed by atoms with E-state index < -0.39 is 0 Å². The molecule has 0 bridgehead atoms. The maximum Gasteiger partial charge on any atom is 0.254 e. The molecule has 0 atom stereocenters. The number of carbonyl (C=O) groups is 1. The number of fused-ring (bicyclic) bond motifs is 1. The monoisotopic (exact) mass is 318 g/mol. The molecular weight excluding hydrogens is 300 g/mol. The molecule has 0 saturated heterocycles. The molecule has 0 saturated carbocycles. The molecule has 2 aromatic heterocycles. The SMILES string of the molecule is Cc1ccnc(-c2cc3n(n2)CCN(C(=O)c2ccccc2)C3)c1. The van der Waals surface area contributed by atoms with E-state index in [1.807, 2.05) is 65.0 Å². The van der Waals surface area contributed by atoms with Crippen molar-refractivity contribution in [3.8, 4) is 11.4 Å². The van der Waals surface area contributed by atoms with Gasteiger partial charge in [-0.25, -0.2) is 0 Å². The zero-order valence-corrected chi connectivity index (χ0v) is 13.5. The summed E-state index contributed by atoms with van der Waals surface area (Å²) >= 11 is 0. The van der Waals surface area contributed by atoms with Crippen LogP contribution in [0.4, 0.5) is 0 Å². The number of rotatable bonds is 2. The van der Waals surface area contributed by atoms with Crippen LogP contribution in [0, 0.1) is 6.92 Å². The number of amides is 1. The van der Waals surface area contributed by atoms with Crippen molar-refractivity contribution >= 4 is 5.91 Å². The quantitative estimate of drug-likeness (QED) is 0.730. The predicted molar refractivity (Wildman–Crippen MR) is 91.4 cm³/mol. The van der Waals surface area contributed by atoms with Crippen molar-refractivity contribution in [1.29, 1.82) is 0 Å². The molecule has 120 valence electrons. The minimum atomic E-state index is 0.0679. The maximum atomic E-state index is 12.6. The van der Waals surface area contributed by atoms with Crippen molar-refractivity contribution in [3.63, 3.8) is 0 Å². The van der Waals surface area contributed by atoms with E-state index in [1.54, 1.807) is 6.20 Å². The highest BCUT2D eigenvalue weighted by atomic mass is 16.2. The fourth-order valence-electron chi connectivity index (χ4n) is 3.00. The summed E-state index contributed by atoms with van der Waals surface area (Å²) in [5.74, 6) is 0.0679. The van der Waals surface area contributed by atoms with Crippen LogP contribution in [-0.4, -0.2) is 32.1 Å². The van der Waals surface area contributed by atoms with Crippen LogP contribution in [0.15, 0.2) is 54.7 Å². The lowest BCUT2D eigenvalue weighted by molar-refractivity contribution is 0.0706. The summed E-state index contributed by atoms with van der Waals surface area (Å²) in [6, 6.07) is 15.5. The molecule has 1 aliphatic heterocycles. The highest BCUT2D eigenvalue weighted by Gasteiger charge is 2.23. The minimum Gasteiger partial charge on any atom is -0.331 e. The Morgan fingerprint density at radius 1 is 1.04 bits per heavy atom. The molecule has 3 heterocycles. The van der Waals surface area contributed by atoms with Gasteiger partial charge in [-0.15, -0.1) is 0 Å². The van der Waals surface area contributed by atoms with Crippen molar-refractivity contribution in [2.45, 2.75) is 20.0 Å². The summed E-state index contributed by atoms with van der Waals surface area (Å²) in [7, 11) is 0. The molecule has 5 heteroatoms. The highest BCUT2D eigenvalue weighted by Crippen LogP contribution is 2.22. The first-order valence-corrected chi connectivity index (χ1v) is 8.05. The van der Waals surface area contributed by atoms with E-state index in [0.717, 1.165) is 28.2 Å². The molecule has 0 aliphatic carbocycles. The second-order valence-corrected chi connectivity index (χ2v) is 6.06. The molecule has 0 spiro atoms. The standard InChI is InChI=1S/C19H18N4O/c1-14-7-8-20-17(11-14)18-12-16-13-22(9-10-23(16)21-18)19(24)15-5-3-2-4-6-15/h2-8,11-12H,9-10,13H2,1H3. The van der Waals surface area contributed by atoms with Crippen molar-refractivity contribution < 1.29 is 4.79 Å². The van der Waals surface area contributed by atoms with E-state index in [9.17, 15) is 4.79 Å². The summed E-state index contributed by atoms with van der Waals surface area (Å²) < 4.78 is 1.98. The third-order valence-corrected chi connectivity index (χ3v) is 4.28. The largest absolute Gasteiger partial charge is 0.331 e. The molecule has 1 aromatic carbocycles. The van der Waals surface area contributed by atoms with Gasteiger partial charge >= 0.3 is 0 Å². The van der Waals surface area contributed by atoms with Crippen LogP contribution in [0.3, 0.4) is 0 Å². The Hall–Kier alpha value is -2.95. The van der Waals surface area contributed by atoms with E-state index in [2.05, 4.69) is 10.1 Å². The molecule has 1 aliphatic rings. The van der Waals surface area contributed by atoms with Gasteiger partial charge in [0.1, 0.15) is 5.69 Å². The van der Waals surface area contributed by atoms with Gasteiger partial charge in [0.2, 0.25) is 0 Å². The van der Waals surface area contributed by atoms with Crippen molar-refractivity contribution in [2.24, 2.45) is 0 Å². The average molecular weight is 318 g/mol. The van der Waals surface area contributed by atoms with Gasteiger partial charge in [0.25, 0.3) is 5.91 Å². The van der Waals surface area contributed by atoms with E-state index >= 15 is 0 Å². The second-order valence-electron chi connectivity index (χ2n) is 6.06. The van der Waals surface area contributed by atoms with Crippen LogP contribution in [0.25, 0.3) is 11.4 Å². The normalized spacial score (nSPS) is 13.6. The van der Waals surface area contributed by atoms with Gasteiger partial charge in [-0.3, -0.25) is 14.5 Å². The van der Waals surface area contributed by atoms with Gasteiger partial charge in [-0.2, -0.15) is 5.10 Å². The molecule has 24 heavy (non-hydrogen) atoms. The van der Waals surface area contributed by atoms with E-state index in [0.29, 0.717) is 19.6 Å². The smallest absolute Gasteiger partial charge is 0.254 e. The first-order chi connectivity index (χ1) is 11.7. The molecule has 0 fully saturated rings. The average Bonchev–Trinajstić information content (AvgIpc) is 3.05. The molecule has 4 rings (SSSR count). The fourth-order valence-corrected chi connectivity index (χ4v) is 3.00. The van der Waals surface area contributed by atoms with Gasteiger partial charge in [0, 0.05) is 18.3 Å². The topological polar surface area (TPSA) is 51.0 Å². The lowest BCUT2D eigenvalue weighted by Crippen LogP contribution is -2.38. The molecule has 0 N–H and O–H groups in total. The van der Waals surface area contributed by atoms with Gasteiger partial charge in [0.05, 0.1) is 24.5 Å². The fraction of sp³-hybridized carbons (Fsp3) is 0.211. The Labute approximate surface area is 140 Å². The molecule has 5 nitrogen and oxygen atoms in total. The van der Waals surface area contributed by atoms with Crippen LogP contribution in [0.2, 0.25) is 0 Å². The summed E-state index contributed by atoms with van der Waals surface area (Å²) in [6.07, 6.45) is 1.80. The molecule has 0 radical (unpaired) electrons. The molecular formula is C19H18N4O. The third kappa shape index (κ3) is 2.69. The second kappa shape index (κ2) is 5.92. The summed E-state index contributed by atoms with van der Waals surface area (Å²) in [6.45, 7) is 4.00. The minimum absolute atomic E-state index is 0.0679.